The molecule has 0 amide bonds. The molecule has 0 saturated heterocycles. The van der Waals surface area contributed by atoms with Gasteiger partial charge in [0.05, 0.1) is 0 Å². The summed E-state index contributed by atoms with van der Waals surface area (Å²) in [5, 5.41) is 0. The molecule has 1 nitrogen and oxygen atoms in total. The van der Waals surface area contributed by atoms with Gasteiger partial charge in [0, 0.05) is 6.04 Å². The van der Waals surface area contributed by atoms with Gasteiger partial charge in [0.2, 0.25) is 0 Å². The van der Waals surface area contributed by atoms with Gasteiger partial charge in [0.25, 0.3) is 0 Å². The zero-order valence-electron chi connectivity index (χ0n) is 6.44. The summed E-state index contributed by atoms with van der Waals surface area (Å²) in [7, 11) is 2.16. The van der Waals surface area contributed by atoms with Crippen LogP contribution in [0.25, 0.3) is 0 Å². The van der Waals surface area contributed by atoms with Gasteiger partial charge in [0.15, 0.2) is 0 Å². The van der Waals surface area contributed by atoms with Crippen molar-refractivity contribution in [2.75, 3.05) is 13.6 Å². The molecule has 0 aliphatic heterocycles. The lowest BCUT2D eigenvalue weighted by atomic mass is 10.2. The summed E-state index contributed by atoms with van der Waals surface area (Å²) < 4.78 is 0. The summed E-state index contributed by atoms with van der Waals surface area (Å²) in [5.41, 5.74) is 0. The zero-order chi connectivity index (χ0) is 6.57. The minimum Gasteiger partial charge on any atom is -0.304 e. The average Bonchev–Trinajstić information content (AvgIpc) is 1.84. The first-order valence-electron chi connectivity index (χ1n) is 3.42. The van der Waals surface area contributed by atoms with Crippen LogP contribution in [0.1, 0.15) is 27.2 Å². The third-order valence-electron chi connectivity index (χ3n) is 1.84. The lowest BCUT2D eigenvalue weighted by Gasteiger charge is -2.20. The maximum absolute atomic E-state index is 2.35. The van der Waals surface area contributed by atoms with Gasteiger partial charge >= 0.3 is 0 Å². The van der Waals surface area contributed by atoms with Crippen molar-refractivity contribution >= 4 is 0 Å². The van der Waals surface area contributed by atoms with Crippen molar-refractivity contribution in [3.8, 4) is 0 Å². The van der Waals surface area contributed by atoms with Gasteiger partial charge < -0.3 is 4.90 Å². The maximum atomic E-state index is 2.35. The number of hydrogen-bond donors (Lipinski definition) is 0. The highest BCUT2D eigenvalue weighted by Crippen LogP contribution is 1.97. The van der Waals surface area contributed by atoms with E-state index in [0.29, 0.717) is 0 Å². The second-order valence-corrected chi connectivity index (χ2v) is 2.33. The average molecular weight is 115 g/mol. The molecule has 0 aromatic carbocycles. The topological polar surface area (TPSA) is 3.24 Å². The molecular weight excluding hydrogens is 98.1 g/mol. The fourth-order valence-corrected chi connectivity index (χ4v) is 0.623. The summed E-state index contributed by atoms with van der Waals surface area (Å²) in [6.45, 7) is 7.82. The monoisotopic (exact) mass is 115 g/mol. The van der Waals surface area contributed by atoms with Crippen molar-refractivity contribution in [1.29, 1.82) is 0 Å². The van der Waals surface area contributed by atoms with Crippen molar-refractivity contribution in [2.24, 2.45) is 0 Å². The Morgan fingerprint density at radius 1 is 1.38 bits per heavy atom. The van der Waals surface area contributed by atoms with Gasteiger partial charge in [-0.05, 0) is 26.9 Å². The summed E-state index contributed by atoms with van der Waals surface area (Å²) in [6.07, 6.45) is 1.25. The van der Waals surface area contributed by atoms with Crippen molar-refractivity contribution < 1.29 is 0 Å². The molecule has 1 heteroatoms. The van der Waals surface area contributed by atoms with Crippen molar-refractivity contribution in [1.82, 2.24) is 4.90 Å². The first kappa shape index (κ1) is 7.96. The third-order valence-corrected chi connectivity index (χ3v) is 1.84. The van der Waals surface area contributed by atoms with Crippen molar-refractivity contribution in [3.63, 3.8) is 0 Å². The second kappa shape index (κ2) is 3.90. The van der Waals surface area contributed by atoms with Gasteiger partial charge in [-0.3, -0.25) is 0 Å². The fourth-order valence-electron chi connectivity index (χ4n) is 0.623. The molecule has 0 rings (SSSR count). The lowest BCUT2D eigenvalue weighted by Crippen LogP contribution is -2.27. The number of nitrogens with zero attached hydrogens (tertiary/aromatic N) is 1. The molecule has 8 heavy (non-hydrogen) atoms. The van der Waals surface area contributed by atoms with Gasteiger partial charge in [-0.2, -0.15) is 0 Å². The molecule has 50 valence electrons. The van der Waals surface area contributed by atoms with Crippen LogP contribution in [0.2, 0.25) is 0 Å². The van der Waals surface area contributed by atoms with E-state index in [0.717, 1.165) is 12.6 Å². The van der Waals surface area contributed by atoms with E-state index in [9.17, 15) is 0 Å². The molecule has 0 aromatic heterocycles. The lowest BCUT2D eigenvalue weighted by molar-refractivity contribution is 0.265. The normalized spacial score (nSPS) is 14.6. The number of rotatable bonds is 3. The van der Waals surface area contributed by atoms with E-state index >= 15 is 0 Å². The first-order chi connectivity index (χ1) is 3.72. The van der Waals surface area contributed by atoms with Crippen LogP contribution in [-0.2, 0) is 0 Å². The van der Waals surface area contributed by atoms with E-state index in [1.165, 1.54) is 6.42 Å². The molecular formula is C7H17N. The smallest absolute Gasteiger partial charge is 0.00611 e. The summed E-state index contributed by atoms with van der Waals surface area (Å²) in [4.78, 5) is 2.35. The summed E-state index contributed by atoms with van der Waals surface area (Å²) in [5.74, 6) is 0. The quantitative estimate of drug-likeness (QED) is 0.541. The maximum Gasteiger partial charge on any atom is 0.00611 e. The molecule has 0 saturated carbocycles. The van der Waals surface area contributed by atoms with Gasteiger partial charge in [-0.15, -0.1) is 0 Å². The molecule has 0 aliphatic carbocycles. The molecule has 1 atom stereocenters. The summed E-state index contributed by atoms with van der Waals surface area (Å²) >= 11 is 0. The third kappa shape index (κ3) is 2.31. The first-order valence-corrected chi connectivity index (χ1v) is 3.42. The Morgan fingerprint density at radius 3 is 2.00 bits per heavy atom. The van der Waals surface area contributed by atoms with Gasteiger partial charge in [-0.1, -0.05) is 13.8 Å². The standard InChI is InChI=1S/C7H17N/c1-5-7(3)8(4)6-2/h7H,5-6H2,1-4H3/t7-/m0/s1. The molecule has 0 heterocycles. The molecule has 0 aliphatic rings. The predicted molar refractivity (Wildman–Crippen MR) is 38.1 cm³/mol. The van der Waals surface area contributed by atoms with E-state index in [4.69, 9.17) is 0 Å². The van der Waals surface area contributed by atoms with E-state index in [2.05, 4.69) is 32.7 Å². The van der Waals surface area contributed by atoms with E-state index < -0.39 is 0 Å². The molecule has 0 N–H and O–H groups in total. The van der Waals surface area contributed by atoms with Crippen molar-refractivity contribution in [3.05, 3.63) is 0 Å². The minimum absolute atomic E-state index is 0.750. The molecule has 0 bridgehead atoms. The van der Waals surface area contributed by atoms with E-state index in [-0.39, 0.29) is 0 Å². The van der Waals surface area contributed by atoms with Crippen LogP contribution >= 0.6 is 0 Å². The van der Waals surface area contributed by atoms with Crippen LogP contribution in [0, 0.1) is 0 Å². The Labute approximate surface area is 52.7 Å². The zero-order valence-corrected chi connectivity index (χ0v) is 6.44. The second-order valence-electron chi connectivity index (χ2n) is 2.33. The molecule has 0 fully saturated rings. The van der Waals surface area contributed by atoms with Crippen LogP contribution in [0.15, 0.2) is 0 Å². The minimum atomic E-state index is 0.750. The van der Waals surface area contributed by atoms with E-state index in [1.807, 2.05) is 0 Å². The fraction of sp³-hybridized carbons (Fsp3) is 1.00. The highest BCUT2D eigenvalue weighted by Gasteiger charge is 2.01. The highest BCUT2D eigenvalue weighted by atomic mass is 15.1. The molecule has 0 unspecified atom stereocenters. The SMILES string of the molecule is CC[C@H](C)N(C)CC. The molecule has 0 radical (unpaired) electrons. The number of hydrogen-bond acceptors (Lipinski definition) is 1. The molecule has 0 aromatic rings. The van der Waals surface area contributed by atoms with Gasteiger partial charge in [0.1, 0.15) is 0 Å². The Bertz CT molecular complexity index is 44.3. The van der Waals surface area contributed by atoms with Crippen LogP contribution in [0.4, 0.5) is 0 Å². The Morgan fingerprint density at radius 2 is 1.88 bits per heavy atom. The Hall–Kier alpha value is -0.0400. The summed E-state index contributed by atoms with van der Waals surface area (Å²) in [6, 6.07) is 0.750. The van der Waals surface area contributed by atoms with Gasteiger partial charge in [-0.25, -0.2) is 0 Å². The molecule has 0 spiro atoms. The van der Waals surface area contributed by atoms with Crippen LogP contribution in [0.5, 0.6) is 0 Å². The van der Waals surface area contributed by atoms with Crippen LogP contribution in [-0.4, -0.2) is 24.5 Å². The van der Waals surface area contributed by atoms with E-state index in [1.54, 1.807) is 0 Å². The Balaban J connectivity index is 3.29. The highest BCUT2D eigenvalue weighted by molar-refractivity contribution is 4.56. The predicted octanol–water partition coefficient (Wildman–Crippen LogP) is 1.74. The van der Waals surface area contributed by atoms with Crippen LogP contribution in [0.3, 0.4) is 0 Å². The van der Waals surface area contributed by atoms with Crippen LogP contribution < -0.4 is 0 Å². The largest absolute Gasteiger partial charge is 0.304 e. The Kier molecular flexibility index (Phi) is 3.88. The van der Waals surface area contributed by atoms with Crippen molar-refractivity contribution in [2.45, 2.75) is 33.2 Å².